The van der Waals surface area contributed by atoms with Crippen molar-refractivity contribution < 1.29 is 13.2 Å². The van der Waals surface area contributed by atoms with Crippen molar-refractivity contribution in [2.24, 2.45) is 5.92 Å². The Morgan fingerprint density at radius 2 is 1.91 bits per heavy atom. The Morgan fingerprint density at radius 1 is 1.22 bits per heavy atom. The van der Waals surface area contributed by atoms with Crippen LogP contribution in [-0.2, 0) is 14.6 Å². The quantitative estimate of drug-likeness (QED) is 0.802. The van der Waals surface area contributed by atoms with Gasteiger partial charge in [-0.2, -0.15) is 0 Å². The molecule has 1 heterocycles. The van der Waals surface area contributed by atoms with Gasteiger partial charge in [-0.05, 0) is 30.2 Å². The number of piperidine rings is 1. The van der Waals surface area contributed by atoms with Crippen LogP contribution in [0.15, 0.2) is 30.3 Å². The van der Waals surface area contributed by atoms with Gasteiger partial charge in [0.25, 0.3) is 0 Å². The van der Waals surface area contributed by atoms with Crippen LogP contribution >= 0.6 is 0 Å². The van der Waals surface area contributed by atoms with Gasteiger partial charge in [0.05, 0.1) is 5.75 Å². The first-order valence-electron chi connectivity index (χ1n) is 8.50. The number of likely N-dealkylation sites (tertiary alicyclic amines) is 1. The number of benzene rings is 1. The first kappa shape index (κ1) is 18.0. The van der Waals surface area contributed by atoms with E-state index in [1.54, 1.807) is 4.90 Å². The summed E-state index contributed by atoms with van der Waals surface area (Å²) in [7, 11) is -3.26. The molecule has 0 unspecified atom stereocenters. The predicted octanol–water partition coefficient (Wildman–Crippen LogP) is 2.85. The van der Waals surface area contributed by atoms with Crippen LogP contribution in [0, 0.1) is 5.92 Å². The molecule has 0 aliphatic carbocycles. The number of hydrogen-bond donors (Lipinski definition) is 0. The summed E-state index contributed by atoms with van der Waals surface area (Å²) in [5.41, 5.74) is 1.32. The van der Waals surface area contributed by atoms with Crippen LogP contribution in [0.4, 0.5) is 0 Å². The summed E-state index contributed by atoms with van der Waals surface area (Å²) in [6, 6.07) is 10.4. The molecule has 0 saturated carbocycles. The van der Waals surface area contributed by atoms with E-state index in [1.165, 1.54) is 5.56 Å². The average Bonchev–Trinajstić information content (AvgIpc) is 2.54. The molecule has 2 atom stereocenters. The molecular formula is C18H27NO3S. The lowest BCUT2D eigenvalue weighted by Crippen LogP contribution is -2.45. The summed E-state index contributed by atoms with van der Waals surface area (Å²) in [5.74, 6) is 0.369. The molecule has 0 spiro atoms. The zero-order valence-corrected chi connectivity index (χ0v) is 14.9. The summed E-state index contributed by atoms with van der Waals surface area (Å²) < 4.78 is 23.7. The van der Waals surface area contributed by atoms with Gasteiger partial charge in [-0.3, -0.25) is 4.79 Å². The smallest absolute Gasteiger partial charge is 0.237 e. The summed E-state index contributed by atoms with van der Waals surface area (Å²) in [6.07, 6.45) is 2.45. The van der Waals surface area contributed by atoms with Gasteiger partial charge >= 0.3 is 0 Å². The summed E-state index contributed by atoms with van der Waals surface area (Å²) in [6.45, 7) is 5.27. The molecule has 23 heavy (non-hydrogen) atoms. The number of amides is 1. The van der Waals surface area contributed by atoms with E-state index >= 15 is 0 Å². The molecule has 1 aliphatic heterocycles. The Kier molecular flexibility index (Phi) is 6.22. The first-order chi connectivity index (χ1) is 11.0. The number of hydrogen-bond acceptors (Lipinski definition) is 3. The molecule has 1 aromatic carbocycles. The second-order valence-electron chi connectivity index (χ2n) is 6.41. The van der Waals surface area contributed by atoms with Gasteiger partial charge < -0.3 is 4.90 Å². The normalized spacial score (nSPS) is 22.1. The van der Waals surface area contributed by atoms with Crippen LogP contribution in [0.3, 0.4) is 0 Å². The molecule has 1 aliphatic rings. The van der Waals surface area contributed by atoms with E-state index in [4.69, 9.17) is 0 Å². The molecule has 0 bridgehead atoms. The lowest BCUT2D eigenvalue weighted by Gasteiger charge is -2.38. The molecule has 1 saturated heterocycles. The maximum Gasteiger partial charge on any atom is 0.237 e. The van der Waals surface area contributed by atoms with E-state index in [0.29, 0.717) is 31.3 Å². The third-order valence-electron chi connectivity index (χ3n) is 4.70. The minimum Gasteiger partial charge on any atom is -0.342 e. The van der Waals surface area contributed by atoms with E-state index in [-0.39, 0.29) is 17.4 Å². The monoisotopic (exact) mass is 337 g/mol. The second-order valence-corrected chi connectivity index (χ2v) is 8.59. The lowest BCUT2D eigenvalue weighted by atomic mass is 9.79. The zero-order chi connectivity index (χ0) is 16.9. The summed E-state index contributed by atoms with van der Waals surface area (Å²) >= 11 is 0. The van der Waals surface area contributed by atoms with Gasteiger partial charge in [0, 0.05) is 13.1 Å². The van der Waals surface area contributed by atoms with Crippen LogP contribution < -0.4 is 0 Å². The number of sulfone groups is 1. The first-order valence-corrected chi connectivity index (χ1v) is 10.3. The Balaban J connectivity index is 2.02. The number of nitrogens with zero attached hydrogens (tertiary/aromatic N) is 1. The van der Waals surface area contributed by atoms with Crippen LogP contribution in [-0.4, -0.2) is 43.8 Å². The molecule has 2 rings (SSSR count). The SMILES string of the molecule is CCCS(=O)(=O)CC(=O)N1CC[C@@H](c2ccccc2)[C@@H](CC)C1. The van der Waals surface area contributed by atoms with E-state index in [9.17, 15) is 13.2 Å². The summed E-state index contributed by atoms with van der Waals surface area (Å²) in [5, 5.41) is 0. The fourth-order valence-corrected chi connectivity index (χ4v) is 4.80. The van der Waals surface area contributed by atoms with Gasteiger partial charge in [0.1, 0.15) is 5.75 Å². The standard InChI is InChI=1S/C18H27NO3S/c1-3-12-23(21,22)14-18(20)19-11-10-17(15(4-2)13-19)16-8-6-5-7-9-16/h5-9,15,17H,3-4,10-14H2,1-2H3/t15-,17+/m0/s1. The third-order valence-corrected chi connectivity index (χ3v) is 6.41. The fraction of sp³-hybridized carbons (Fsp3) is 0.611. The fourth-order valence-electron chi connectivity index (χ4n) is 3.47. The highest BCUT2D eigenvalue weighted by Crippen LogP contribution is 2.34. The van der Waals surface area contributed by atoms with E-state index in [0.717, 1.165) is 12.8 Å². The van der Waals surface area contributed by atoms with E-state index in [2.05, 4.69) is 31.2 Å². The predicted molar refractivity (Wildman–Crippen MR) is 93.1 cm³/mol. The third kappa shape index (κ3) is 4.80. The van der Waals surface area contributed by atoms with Gasteiger partial charge in [0.2, 0.25) is 5.91 Å². The lowest BCUT2D eigenvalue weighted by molar-refractivity contribution is -0.130. The largest absolute Gasteiger partial charge is 0.342 e. The molecule has 128 valence electrons. The molecule has 4 nitrogen and oxygen atoms in total. The molecule has 1 fully saturated rings. The maximum atomic E-state index is 12.3. The Labute approximate surface area is 139 Å². The van der Waals surface area contributed by atoms with Gasteiger partial charge in [0.15, 0.2) is 9.84 Å². The van der Waals surface area contributed by atoms with Crippen LogP contribution in [0.1, 0.15) is 44.6 Å². The van der Waals surface area contributed by atoms with Crippen molar-refractivity contribution in [3.05, 3.63) is 35.9 Å². The topological polar surface area (TPSA) is 54.5 Å². The summed E-state index contributed by atoms with van der Waals surface area (Å²) in [4.78, 5) is 14.1. The van der Waals surface area contributed by atoms with Gasteiger partial charge in [-0.15, -0.1) is 0 Å². The van der Waals surface area contributed by atoms with Crippen LogP contribution in [0.25, 0.3) is 0 Å². The molecular weight excluding hydrogens is 310 g/mol. The number of rotatable bonds is 6. The van der Waals surface area contributed by atoms with Gasteiger partial charge in [-0.1, -0.05) is 50.6 Å². The minimum absolute atomic E-state index is 0.0937. The van der Waals surface area contributed by atoms with Crippen molar-refractivity contribution in [2.45, 2.75) is 39.0 Å². The van der Waals surface area contributed by atoms with Crippen LogP contribution in [0.2, 0.25) is 0 Å². The van der Waals surface area contributed by atoms with E-state index in [1.807, 2.05) is 13.0 Å². The highest BCUT2D eigenvalue weighted by Gasteiger charge is 2.32. The van der Waals surface area contributed by atoms with Crippen molar-refractivity contribution in [3.63, 3.8) is 0 Å². The minimum atomic E-state index is -3.26. The van der Waals surface area contributed by atoms with Crippen molar-refractivity contribution >= 4 is 15.7 Å². The second kappa shape index (κ2) is 7.95. The number of carbonyl (C=O) groups excluding carboxylic acids is 1. The molecule has 0 N–H and O–H groups in total. The highest BCUT2D eigenvalue weighted by molar-refractivity contribution is 7.92. The molecule has 1 amide bonds. The zero-order valence-electron chi connectivity index (χ0n) is 14.1. The molecule has 0 aromatic heterocycles. The van der Waals surface area contributed by atoms with Crippen molar-refractivity contribution in [3.8, 4) is 0 Å². The van der Waals surface area contributed by atoms with E-state index < -0.39 is 9.84 Å². The van der Waals surface area contributed by atoms with Gasteiger partial charge in [-0.25, -0.2) is 8.42 Å². The Bertz CT molecular complexity index is 612. The van der Waals surface area contributed by atoms with Crippen molar-refractivity contribution in [2.75, 3.05) is 24.6 Å². The van der Waals surface area contributed by atoms with Crippen LogP contribution in [0.5, 0.6) is 0 Å². The highest BCUT2D eigenvalue weighted by atomic mass is 32.2. The maximum absolute atomic E-state index is 12.3. The molecule has 5 heteroatoms. The van der Waals surface area contributed by atoms with Crippen molar-refractivity contribution in [1.82, 2.24) is 4.90 Å². The average molecular weight is 337 g/mol. The number of carbonyl (C=O) groups is 1. The Morgan fingerprint density at radius 3 is 2.52 bits per heavy atom. The molecule has 1 aromatic rings. The van der Waals surface area contributed by atoms with Crippen molar-refractivity contribution in [1.29, 1.82) is 0 Å². The molecule has 0 radical (unpaired) electrons. The Hall–Kier alpha value is -1.36.